The molecule has 0 saturated carbocycles. The smallest absolute Gasteiger partial charge is 0.337 e. The third-order valence-electron chi connectivity index (χ3n) is 2.98. The van der Waals surface area contributed by atoms with Gasteiger partial charge in [0, 0.05) is 0 Å². The number of hydrogen-bond donors (Lipinski definition) is 0. The summed E-state index contributed by atoms with van der Waals surface area (Å²) in [5.74, 6) is -0.572. The van der Waals surface area contributed by atoms with Gasteiger partial charge in [-0.2, -0.15) is 0 Å². The molecule has 5 nitrogen and oxygen atoms in total. The summed E-state index contributed by atoms with van der Waals surface area (Å²) in [5, 5.41) is 0. The fourth-order valence-corrected chi connectivity index (χ4v) is 2.83. The molecule has 0 spiro atoms. The van der Waals surface area contributed by atoms with Crippen LogP contribution in [0.4, 0.5) is 0 Å². The SMILES string of the molecule is COC(=O)C(=C(O[SiH](C)C)C(C)(C)C(=O)OC)C(C)(C)C. The summed E-state index contributed by atoms with van der Waals surface area (Å²) in [6.45, 7) is 13.0. The number of carbonyl (C=O) groups is 2. The molecule has 21 heavy (non-hydrogen) atoms. The molecular weight excluding hydrogens is 288 g/mol. The summed E-state index contributed by atoms with van der Waals surface area (Å²) in [5.41, 5.74) is -1.19. The van der Waals surface area contributed by atoms with Crippen molar-refractivity contribution >= 4 is 21.0 Å². The molecule has 0 amide bonds. The lowest BCUT2D eigenvalue weighted by Gasteiger charge is -2.33. The standard InChI is InChI=1S/C15H28O5Si/c1-14(2,3)10(12(16)18-6)11(20-21(8)9)15(4,5)13(17)19-7/h21H,1-9H3. The van der Waals surface area contributed by atoms with Crippen LogP contribution < -0.4 is 0 Å². The largest absolute Gasteiger partial charge is 0.549 e. The van der Waals surface area contributed by atoms with Crippen molar-refractivity contribution < 1.29 is 23.5 Å². The minimum atomic E-state index is -1.53. The second kappa shape index (κ2) is 7.11. The predicted molar refractivity (Wildman–Crippen MR) is 84.3 cm³/mol. The van der Waals surface area contributed by atoms with Gasteiger partial charge in [-0.3, -0.25) is 4.79 Å². The zero-order valence-corrected chi connectivity index (χ0v) is 15.8. The van der Waals surface area contributed by atoms with E-state index in [1.807, 2.05) is 33.9 Å². The van der Waals surface area contributed by atoms with Crippen LogP contribution >= 0.6 is 0 Å². The minimum absolute atomic E-state index is 0.357. The molecule has 0 heterocycles. The van der Waals surface area contributed by atoms with Gasteiger partial charge in [0.1, 0.15) is 11.2 Å². The number of ether oxygens (including phenoxy) is 2. The Bertz CT molecular complexity index is 430. The number of carbonyl (C=O) groups excluding carboxylic acids is 2. The summed E-state index contributed by atoms with van der Waals surface area (Å²) >= 11 is 0. The molecule has 0 saturated heterocycles. The Morgan fingerprint density at radius 3 is 1.67 bits per heavy atom. The predicted octanol–water partition coefficient (Wildman–Crippen LogP) is 2.66. The van der Waals surface area contributed by atoms with Gasteiger partial charge in [-0.15, -0.1) is 0 Å². The van der Waals surface area contributed by atoms with Gasteiger partial charge in [-0.25, -0.2) is 4.79 Å². The maximum absolute atomic E-state index is 12.2. The molecule has 0 aromatic carbocycles. The summed E-state index contributed by atoms with van der Waals surface area (Å²) < 4.78 is 15.7. The van der Waals surface area contributed by atoms with E-state index < -0.39 is 31.8 Å². The van der Waals surface area contributed by atoms with E-state index in [-0.39, 0.29) is 0 Å². The van der Waals surface area contributed by atoms with Gasteiger partial charge in [0.2, 0.25) is 9.04 Å². The van der Waals surface area contributed by atoms with Crippen molar-refractivity contribution in [2.75, 3.05) is 14.2 Å². The Morgan fingerprint density at radius 1 is 0.905 bits per heavy atom. The first-order valence-corrected chi connectivity index (χ1v) is 9.76. The fourth-order valence-electron chi connectivity index (χ4n) is 1.94. The topological polar surface area (TPSA) is 61.8 Å². The van der Waals surface area contributed by atoms with Crippen molar-refractivity contribution in [3.8, 4) is 0 Å². The van der Waals surface area contributed by atoms with E-state index in [1.54, 1.807) is 13.8 Å². The van der Waals surface area contributed by atoms with Crippen LogP contribution in [0, 0.1) is 10.8 Å². The van der Waals surface area contributed by atoms with Gasteiger partial charge in [0.15, 0.2) is 0 Å². The van der Waals surface area contributed by atoms with E-state index in [4.69, 9.17) is 13.9 Å². The molecule has 0 unspecified atom stereocenters. The number of esters is 2. The van der Waals surface area contributed by atoms with Crippen molar-refractivity contribution in [1.82, 2.24) is 0 Å². The van der Waals surface area contributed by atoms with Crippen LogP contribution in [0.25, 0.3) is 0 Å². The lowest BCUT2D eigenvalue weighted by molar-refractivity contribution is -0.150. The number of methoxy groups -OCH3 is 2. The average Bonchev–Trinajstić information content (AvgIpc) is 2.34. The van der Waals surface area contributed by atoms with E-state index in [1.165, 1.54) is 14.2 Å². The van der Waals surface area contributed by atoms with Crippen LogP contribution in [0.5, 0.6) is 0 Å². The molecule has 0 aromatic heterocycles. The first kappa shape index (κ1) is 19.7. The zero-order chi connectivity index (χ0) is 17.0. The molecule has 0 bridgehead atoms. The second-order valence-electron chi connectivity index (χ2n) is 6.73. The zero-order valence-electron chi connectivity index (χ0n) is 14.6. The van der Waals surface area contributed by atoms with Gasteiger partial charge in [-0.1, -0.05) is 20.8 Å². The summed E-state index contributed by atoms with van der Waals surface area (Å²) in [4.78, 5) is 24.4. The van der Waals surface area contributed by atoms with Gasteiger partial charge in [0.05, 0.1) is 19.8 Å². The molecule has 0 aliphatic rings. The quantitative estimate of drug-likeness (QED) is 0.338. The molecular formula is C15H28O5Si. The van der Waals surface area contributed by atoms with Crippen molar-refractivity contribution in [1.29, 1.82) is 0 Å². The summed E-state index contributed by atoms with van der Waals surface area (Å²) in [6, 6.07) is 0. The van der Waals surface area contributed by atoms with Crippen LogP contribution in [-0.4, -0.2) is 35.2 Å². The maximum Gasteiger partial charge on any atom is 0.337 e. The molecule has 6 heteroatoms. The fraction of sp³-hybridized carbons (Fsp3) is 0.733. The van der Waals surface area contributed by atoms with Crippen LogP contribution in [0.15, 0.2) is 11.3 Å². The highest BCUT2D eigenvalue weighted by atomic mass is 28.3. The molecule has 0 atom stereocenters. The van der Waals surface area contributed by atoms with E-state index in [0.717, 1.165) is 0 Å². The van der Waals surface area contributed by atoms with Crippen LogP contribution in [-0.2, 0) is 23.5 Å². The maximum atomic E-state index is 12.2. The van der Waals surface area contributed by atoms with Crippen molar-refractivity contribution in [2.24, 2.45) is 10.8 Å². The Hall–Kier alpha value is -1.30. The summed E-state index contributed by atoms with van der Waals surface area (Å²) in [7, 11) is 1.11. The Balaban J connectivity index is 6.35. The van der Waals surface area contributed by atoms with E-state index in [2.05, 4.69) is 0 Å². The average molecular weight is 316 g/mol. The second-order valence-corrected chi connectivity index (χ2v) is 9.06. The van der Waals surface area contributed by atoms with Crippen LogP contribution in [0.1, 0.15) is 34.6 Å². The molecule has 0 aliphatic heterocycles. The van der Waals surface area contributed by atoms with Gasteiger partial charge in [-0.05, 0) is 32.4 Å². The first-order chi connectivity index (χ1) is 9.39. The van der Waals surface area contributed by atoms with Crippen LogP contribution in [0.2, 0.25) is 13.1 Å². The molecule has 0 rings (SSSR count). The molecule has 0 aromatic rings. The van der Waals surface area contributed by atoms with Crippen LogP contribution in [0.3, 0.4) is 0 Å². The van der Waals surface area contributed by atoms with Crippen molar-refractivity contribution in [3.63, 3.8) is 0 Å². The summed E-state index contributed by atoms with van der Waals surface area (Å²) in [6.07, 6.45) is 0. The van der Waals surface area contributed by atoms with E-state index in [9.17, 15) is 9.59 Å². The highest BCUT2D eigenvalue weighted by Gasteiger charge is 2.42. The third-order valence-corrected chi connectivity index (χ3v) is 3.69. The molecule has 0 radical (unpaired) electrons. The van der Waals surface area contributed by atoms with Crippen molar-refractivity contribution in [2.45, 2.75) is 47.7 Å². The van der Waals surface area contributed by atoms with E-state index in [0.29, 0.717) is 11.3 Å². The lowest BCUT2D eigenvalue weighted by Crippen LogP contribution is -2.36. The highest BCUT2D eigenvalue weighted by Crippen LogP contribution is 2.39. The van der Waals surface area contributed by atoms with Crippen molar-refractivity contribution in [3.05, 3.63) is 11.3 Å². The normalized spacial score (nSPS) is 13.6. The lowest BCUT2D eigenvalue weighted by atomic mass is 9.78. The third kappa shape index (κ3) is 4.88. The Kier molecular flexibility index (Phi) is 6.67. The number of hydrogen-bond acceptors (Lipinski definition) is 5. The first-order valence-electron chi connectivity index (χ1n) is 6.98. The Labute approximate surface area is 129 Å². The van der Waals surface area contributed by atoms with Gasteiger partial charge < -0.3 is 13.9 Å². The van der Waals surface area contributed by atoms with E-state index >= 15 is 0 Å². The highest BCUT2D eigenvalue weighted by molar-refractivity contribution is 6.48. The molecule has 0 fully saturated rings. The molecule has 0 N–H and O–H groups in total. The molecule has 122 valence electrons. The molecule has 0 aliphatic carbocycles. The monoisotopic (exact) mass is 316 g/mol. The van der Waals surface area contributed by atoms with Gasteiger partial charge in [0.25, 0.3) is 0 Å². The van der Waals surface area contributed by atoms with Gasteiger partial charge >= 0.3 is 11.9 Å². The minimum Gasteiger partial charge on any atom is -0.549 e. The number of rotatable bonds is 5. The Morgan fingerprint density at radius 2 is 1.38 bits per heavy atom.